The predicted molar refractivity (Wildman–Crippen MR) is 90.3 cm³/mol. The number of hydrogen-bond acceptors (Lipinski definition) is 7. The third-order valence-corrected chi connectivity index (χ3v) is 3.86. The average molecular weight is 358 g/mol. The van der Waals surface area contributed by atoms with Gasteiger partial charge in [-0.05, 0) is 12.8 Å². The molecule has 1 aliphatic carbocycles. The highest BCUT2D eigenvalue weighted by atomic mass is 16.5. The van der Waals surface area contributed by atoms with E-state index in [-0.39, 0.29) is 37.4 Å². The molecule has 0 saturated heterocycles. The average Bonchev–Trinajstić information content (AvgIpc) is 2.92. The van der Waals surface area contributed by atoms with Gasteiger partial charge in [0.05, 0.1) is 26.4 Å². The molecular formula is C18H30O7. The number of unbranched alkanes of at least 4 members (excludes halogenated alkanes) is 1. The molecule has 1 saturated carbocycles. The fourth-order valence-corrected chi connectivity index (χ4v) is 2.32. The molecule has 0 N–H and O–H groups in total. The van der Waals surface area contributed by atoms with Crippen molar-refractivity contribution in [2.24, 2.45) is 5.92 Å². The first kappa shape index (κ1) is 21.7. The van der Waals surface area contributed by atoms with Gasteiger partial charge >= 0.3 is 5.97 Å². The number of ketones is 2. The summed E-state index contributed by atoms with van der Waals surface area (Å²) >= 11 is 0. The lowest BCUT2D eigenvalue weighted by Crippen LogP contribution is -2.22. The lowest BCUT2D eigenvalue weighted by molar-refractivity contribution is -0.147. The minimum atomic E-state index is -0.747. The second-order valence-corrected chi connectivity index (χ2v) is 5.96. The Morgan fingerprint density at radius 1 is 0.880 bits per heavy atom. The lowest BCUT2D eigenvalue weighted by Gasteiger charge is -2.09. The summed E-state index contributed by atoms with van der Waals surface area (Å²) in [5.74, 6) is -1.41. The van der Waals surface area contributed by atoms with Crippen molar-refractivity contribution in [1.82, 2.24) is 0 Å². The van der Waals surface area contributed by atoms with Crippen LogP contribution < -0.4 is 0 Å². The molecule has 0 heterocycles. The van der Waals surface area contributed by atoms with Crippen molar-refractivity contribution in [3.63, 3.8) is 0 Å². The highest BCUT2D eigenvalue weighted by Crippen LogP contribution is 2.18. The molecule has 0 aliphatic heterocycles. The van der Waals surface area contributed by atoms with E-state index in [0.29, 0.717) is 39.5 Å². The molecule has 7 heteroatoms. The van der Waals surface area contributed by atoms with Crippen molar-refractivity contribution in [2.75, 3.05) is 46.2 Å². The highest BCUT2D eigenvalue weighted by molar-refractivity contribution is 6.08. The van der Waals surface area contributed by atoms with Gasteiger partial charge in [0.1, 0.15) is 24.1 Å². The van der Waals surface area contributed by atoms with Gasteiger partial charge in [-0.2, -0.15) is 0 Å². The standard InChI is InChI=1S/C18H30O7/c1-2-3-8-22-10-12-24-13-11-23-9-4-5-18(21)25-14-15-16(19)6-7-17(15)20/h15H,2-14H2,1H3. The molecule has 144 valence electrons. The van der Waals surface area contributed by atoms with Gasteiger partial charge in [-0.1, -0.05) is 13.3 Å². The van der Waals surface area contributed by atoms with Crippen molar-refractivity contribution >= 4 is 17.5 Å². The van der Waals surface area contributed by atoms with Crippen LogP contribution >= 0.6 is 0 Å². The van der Waals surface area contributed by atoms with Gasteiger partial charge in [-0.15, -0.1) is 0 Å². The summed E-state index contributed by atoms with van der Waals surface area (Å²) in [5, 5.41) is 0. The second kappa shape index (κ2) is 13.9. The van der Waals surface area contributed by atoms with Crippen LogP contribution in [0.25, 0.3) is 0 Å². The van der Waals surface area contributed by atoms with E-state index in [1.54, 1.807) is 0 Å². The molecule has 0 aromatic heterocycles. The van der Waals surface area contributed by atoms with E-state index < -0.39 is 11.9 Å². The molecule has 0 amide bonds. The summed E-state index contributed by atoms with van der Waals surface area (Å²) in [5.41, 5.74) is 0. The molecule has 0 unspecified atom stereocenters. The van der Waals surface area contributed by atoms with Gasteiger partial charge in [0.25, 0.3) is 0 Å². The van der Waals surface area contributed by atoms with Crippen molar-refractivity contribution in [2.45, 2.75) is 45.4 Å². The van der Waals surface area contributed by atoms with Crippen LogP contribution in [0.3, 0.4) is 0 Å². The first-order valence-corrected chi connectivity index (χ1v) is 9.09. The van der Waals surface area contributed by atoms with E-state index >= 15 is 0 Å². The Balaban J connectivity index is 1.85. The topological polar surface area (TPSA) is 88.1 Å². The van der Waals surface area contributed by atoms with Crippen molar-refractivity contribution in [3.8, 4) is 0 Å². The molecular weight excluding hydrogens is 328 g/mol. The number of esters is 1. The van der Waals surface area contributed by atoms with E-state index in [1.165, 1.54) is 0 Å². The minimum Gasteiger partial charge on any atom is -0.464 e. The fraction of sp³-hybridized carbons (Fsp3) is 0.833. The summed E-state index contributed by atoms with van der Waals surface area (Å²) < 4.78 is 21.1. The van der Waals surface area contributed by atoms with Gasteiger partial charge in [0.15, 0.2) is 0 Å². The van der Waals surface area contributed by atoms with Crippen LogP contribution in [-0.2, 0) is 33.3 Å². The molecule has 0 aromatic carbocycles. The largest absolute Gasteiger partial charge is 0.464 e. The number of ether oxygens (including phenoxy) is 4. The van der Waals surface area contributed by atoms with Gasteiger partial charge in [-0.3, -0.25) is 14.4 Å². The summed E-state index contributed by atoms with van der Waals surface area (Å²) in [6.45, 7) is 5.32. The van der Waals surface area contributed by atoms with Crippen molar-refractivity contribution in [1.29, 1.82) is 0 Å². The minimum absolute atomic E-state index is 0.120. The third-order valence-electron chi connectivity index (χ3n) is 3.86. The molecule has 1 fully saturated rings. The Labute approximate surface area is 149 Å². The SMILES string of the molecule is CCCCOCCOCCOCCCC(=O)OCC1C(=O)CCC1=O. The maximum atomic E-state index is 11.6. The Bertz CT molecular complexity index is 392. The Morgan fingerprint density at radius 2 is 1.40 bits per heavy atom. The van der Waals surface area contributed by atoms with Crippen molar-refractivity contribution < 1.29 is 33.3 Å². The van der Waals surface area contributed by atoms with Crippen molar-refractivity contribution in [3.05, 3.63) is 0 Å². The van der Waals surface area contributed by atoms with Crippen LogP contribution in [0.5, 0.6) is 0 Å². The Kier molecular flexibility index (Phi) is 12.1. The summed E-state index contributed by atoms with van der Waals surface area (Å²) in [6, 6.07) is 0. The molecule has 7 nitrogen and oxygen atoms in total. The highest BCUT2D eigenvalue weighted by Gasteiger charge is 2.33. The molecule has 0 atom stereocenters. The zero-order valence-corrected chi connectivity index (χ0v) is 15.1. The Morgan fingerprint density at radius 3 is 1.96 bits per heavy atom. The first-order chi connectivity index (χ1) is 12.1. The molecule has 25 heavy (non-hydrogen) atoms. The number of hydrogen-bond donors (Lipinski definition) is 0. The van der Waals surface area contributed by atoms with E-state index in [0.717, 1.165) is 19.4 Å². The normalized spacial score (nSPS) is 15.1. The molecule has 1 rings (SSSR count). The van der Waals surface area contributed by atoms with E-state index in [2.05, 4.69) is 6.92 Å². The van der Waals surface area contributed by atoms with Crippen LogP contribution in [0.2, 0.25) is 0 Å². The summed E-state index contributed by atoms with van der Waals surface area (Å²) in [6.07, 6.45) is 3.47. The van der Waals surface area contributed by atoms with Gasteiger partial charge < -0.3 is 18.9 Å². The van der Waals surface area contributed by atoms with E-state index in [9.17, 15) is 14.4 Å². The first-order valence-electron chi connectivity index (χ1n) is 9.09. The predicted octanol–water partition coefficient (Wildman–Crippen LogP) is 1.71. The molecule has 1 aliphatic rings. The van der Waals surface area contributed by atoms with Crippen LogP contribution in [0.1, 0.15) is 45.4 Å². The smallest absolute Gasteiger partial charge is 0.305 e. The fourth-order valence-electron chi connectivity index (χ4n) is 2.32. The molecule has 0 spiro atoms. The number of carbonyl (C=O) groups excluding carboxylic acids is 3. The quantitative estimate of drug-likeness (QED) is 0.250. The van der Waals surface area contributed by atoms with Crippen LogP contribution in [0, 0.1) is 5.92 Å². The van der Waals surface area contributed by atoms with Crippen LogP contribution in [0.4, 0.5) is 0 Å². The maximum absolute atomic E-state index is 11.6. The summed E-state index contributed by atoms with van der Waals surface area (Å²) in [7, 11) is 0. The van der Waals surface area contributed by atoms with Gasteiger partial charge in [0.2, 0.25) is 0 Å². The third kappa shape index (κ3) is 10.3. The van der Waals surface area contributed by atoms with Crippen LogP contribution in [-0.4, -0.2) is 63.8 Å². The summed E-state index contributed by atoms with van der Waals surface area (Å²) in [4.78, 5) is 34.4. The second-order valence-electron chi connectivity index (χ2n) is 5.96. The van der Waals surface area contributed by atoms with E-state index in [1.807, 2.05) is 0 Å². The maximum Gasteiger partial charge on any atom is 0.305 e. The zero-order valence-electron chi connectivity index (χ0n) is 15.1. The molecule has 0 bridgehead atoms. The van der Waals surface area contributed by atoms with Gasteiger partial charge in [0, 0.05) is 32.5 Å². The molecule has 0 aromatic rings. The van der Waals surface area contributed by atoms with Gasteiger partial charge in [-0.25, -0.2) is 0 Å². The lowest BCUT2D eigenvalue weighted by atomic mass is 10.1. The van der Waals surface area contributed by atoms with Crippen LogP contribution in [0.15, 0.2) is 0 Å². The monoisotopic (exact) mass is 358 g/mol. The number of carbonyl (C=O) groups is 3. The van der Waals surface area contributed by atoms with E-state index in [4.69, 9.17) is 18.9 Å². The number of rotatable bonds is 15. The Hall–Kier alpha value is -1.31. The zero-order chi connectivity index (χ0) is 18.3. The number of Topliss-reactive ketones (excluding diaryl/α,β-unsaturated/α-hetero) is 2. The molecule has 0 radical (unpaired) electrons.